The van der Waals surface area contributed by atoms with Crippen molar-refractivity contribution in [1.82, 2.24) is 4.90 Å². The van der Waals surface area contributed by atoms with E-state index in [1.807, 2.05) is 0 Å². The van der Waals surface area contributed by atoms with Crippen LogP contribution in [-0.4, -0.2) is 41.1 Å². The average Bonchev–Trinajstić information content (AvgIpc) is 2.98. The van der Waals surface area contributed by atoms with Gasteiger partial charge in [-0.15, -0.1) is 0 Å². The highest BCUT2D eigenvalue weighted by molar-refractivity contribution is 5.73. The van der Waals surface area contributed by atoms with Crippen LogP contribution in [0.25, 0.3) is 0 Å². The van der Waals surface area contributed by atoms with Crippen molar-refractivity contribution in [2.75, 3.05) is 13.1 Å². The van der Waals surface area contributed by atoms with Crippen LogP contribution in [0.4, 0.5) is 0 Å². The molecule has 0 bridgehead atoms. The van der Waals surface area contributed by atoms with Crippen molar-refractivity contribution >= 4 is 5.97 Å². The van der Waals surface area contributed by atoms with Gasteiger partial charge in [-0.05, 0) is 31.6 Å². The van der Waals surface area contributed by atoms with Crippen LogP contribution in [0.3, 0.4) is 0 Å². The summed E-state index contributed by atoms with van der Waals surface area (Å²) in [5, 5.41) is 8.73. The van der Waals surface area contributed by atoms with Crippen molar-refractivity contribution in [3.63, 3.8) is 0 Å². The molecule has 2 aliphatic rings. The van der Waals surface area contributed by atoms with Gasteiger partial charge in [-0.3, -0.25) is 9.69 Å². The molecule has 2 aliphatic carbocycles. The highest BCUT2D eigenvalue weighted by atomic mass is 16.4. The van der Waals surface area contributed by atoms with E-state index in [0.717, 1.165) is 12.5 Å². The molecule has 0 aliphatic heterocycles. The molecular weight excluding hydrogens is 180 g/mol. The van der Waals surface area contributed by atoms with Gasteiger partial charge in [0.05, 0.1) is 0 Å². The molecule has 0 amide bonds. The Balaban J connectivity index is 1.79. The highest BCUT2D eigenvalue weighted by Gasteiger charge is 2.35. The van der Waals surface area contributed by atoms with Crippen LogP contribution >= 0.6 is 0 Å². The molecule has 0 radical (unpaired) electrons. The van der Waals surface area contributed by atoms with Crippen molar-refractivity contribution in [2.45, 2.75) is 37.8 Å². The first-order chi connectivity index (χ1) is 6.66. The number of rotatable bonds is 6. The number of hydrogen-bond acceptors (Lipinski definition) is 3. The van der Waals surface area contributed by atoms with E-state index in [0.29, 0.717) is 12.6 Å². The van der Waals surface area contributed by atoms with Gasteiger partial charge in [0.1, 0.15) is 6.04 Å². The fourth-order valence-electron chi connectivity index (χ4n) is 1.78. The summed E-state index contributed by atoms with van der Waals surface area (Å²) in [7, 11) is 0. The fraction of sp³-hybridized carbons (Fsp3) is 0.900. The van der Waals surface area contributed by atoms with Crippen LogP contribution in [0.15, 0.2) is 0 Å². The number of aliphatic carboxylic acids is 1. The largest absolute Gasteiger partial charge is 0.480 e. The van der Waals surface area contributed by atoms with E-state index in [1.54, 1.807) is 0 Å². The van der Waals surface area contributed by atoms with E-state index in [2.05, 4.69) is 4.90 Å². The third-order valence-corrected chi connectivity index (χ3v) is 3.00. The Morgan fingerprint density at radius 2 is 2.07 bits per heavy atom. The van der Waals surface area contributed by atoms with Gasteiger partial charge in [0.25, 0.3) is 0 Å². The molecular formula is C10H18N2O2. The zero-order chi connectivity index (χ0) is 10.1. The minimum atomic E-state index is -0.883. The Bertz CT molecular complexity index is 224. The third kappa shape index (κ3) is 2.69. The number of carbonyl (C=O) groups is 1. The molecule has 80 valence electrons. The van der Waals surface area contributed by atoms with E-state index in [4.69, 9.17) is 10.8 Å². The number of nitrogens with zero attached hydrogens (tertiary/aromatic N) is 1. The Morgan fingerprint density at radius 3 is 2.50 bits per heavy atom. The lowest BCUT2D eigenvalue weighted by atomic mass is 10.2. The minimum absolute atomic E-state index is 0.524. The van der Waals surface area contributed by atoms with Crippen LogP contribution in [0.5, 0.6) is 0 Å². The summed E-state index contributed by atoms with van der Waals surface area (Å²) in [6.07, 6.45) is 5.06. The van der Waals surface area contributed by atoms with Crippen molar-refractivity contribution in [3.8, 4) is 0 Å². The fourth-order valence-corrected chi connectivity index (χ4v) is 1.78. The van der Waals surface area contributed by atoms with E-state index in [9.17, 15) is 4.79 Å². The molecule has 0 heterocycles. The predicted molar refractivity (Wildman–Crippen MR) is 52.9 cm³/mol. The molecule has 2 fully saturated rings. The number of hydrogen-bond donors (Lipinski definition) is 2. The average molecular weight is 198 g/mol. The van der Waals surface area contributed by atoms with Gasteiger partial charge < -0.3 is 10.8 Å². The Labute approximate surface area is 84.1 Å². The van der Waals surface area contributed by atoms with Gasteiger partial charge in [-0.25, -0.2) is 0 Å². The normalized spacial score (nSPS) is 23.9. The smallest absolute Gasteiger partial charge is 0.321 e. The van der Waals surface area contributed by atoms with Gasteiger partial charge in [-0.2, -0.15) is 0 Å². The lowest BCUT2D eigenvalue weighted by molar-refractivity contribution is -0.139. The molecule has 0 spiro atoms. The molecule has 4 nitrogen and oxygen atoms in total. The second-order valence-corrected chi connectivity index (χ2v) is 4.57. The summed E-state index contributed by atoms with van der Waals surface area (Å²) >= 11 is 0. The number of nitrogens with two attached hydrogens (primary N) is 1. The summed E-state index contributed by atoms with van der Waals surface area (Å²) in [6, 6.07) is -0.0876. The first-order valence-corrected chi connectivity index (χ1v) is 5.39. The van der Waals surface area contributed by atoms with Crippen molar-refractivity contribution in [2.24, 2.45) is 11.7 Å². The second kappa shape index (κ2) is 3.87. The van der Waals surface area contributed by atoms with Gasteiger partial charge in [0, 0.05) is 19.1 Å². The number of carboxylic acids is 1. The van der Waals surface area contributed by atoms with Gasteiger partial charge in [-0.1, -0.05) is 0 Å². The van der Waals surface area contributed by atoms with Crippen LogP contribution < -0.4 is 5.73 Å². The molecule has 0 aromatic rings. The zero-order valence-corrected chi connectivity index (χ0v) is 8.35. The molecule has 4 heteroatoms. The Morgan fingerprint density at radius 1 is 1.43 bits per heavy atom. The molecule has 1 unspecified atom stereocenters. The van der Waals surface area contributed by atoms with Crippen LogP contribution in [-0.2, 0) is 4.79 Å². The van der Waals surface area contributed by atoms with E-state index in [1.165, 1.54) is 25.7 Å². The molecule has 0 aromatic carbocycles. The van der Waals surface area contributed by atoms with Crippen molar-refractivity contribution in [3.05, 3.63) is 0 Å². The number of carboxylic acid groups (broad SMARTS) is 1. The van der Waals surface area contributed by atoms with Crippen LogP contribution in [0.1, 0.15) is 25.7 Å². The van der Waals surface area contributed by atoms with Gasteiger partial charge >= 0.3 is 5.97 Å². The molecule has 2 saturated carbocycles. The summed E-state index contributed by atoms with van der Waals surface area (Å²) in [5.41, 5.74) is 5.54. The lowest BCUT2D eigenvalue weighted by Crippen LogP contribution is -2.44. The lowest BCUT2D eigenvalue weighted by Gasteiger charge is -2.23. The first-order valence-electron chi connectivity index (χ1n) is 5.39. The predicted octanol–water partition coefficient (Wildman–Crippen LogP) is 0.273. The van der Waals surface area contributed by atoms with E-state index < -0.39 is 12.0 Å². The molecule has 0 saturated heterocycles. The summed E-state index contributed by atoms with van der Waals surface area (Å²) in [4.78, 5) is 12.9. The standard InChI is InChI=1S/C10H18N2O2/c11-9(10(13)14)6-12(8-3-4-8)5-7-1-2-7/h7-9H,1-6,11H2,(H,13,14). The Hall–Kier alpha value is -0.610. The molecule has 3 N–H and O–H groups in total. The van der Waals surface area contributed by atoms with Gasteiger partial charge in [0.15, 0.2) is 0 Å². The molecule has 0 aromatic heterocycles. The van der Waals surface area contributed by atoms with Crippen molar-refractivity contribution < 1.29 is 9.90 Å². The van der Waals surface area contributed by atoms with E-state index >= 15 is 0 Å². The summed E-state index contributed by atoms with van der Waals surface area (Å²) < 4.78 is 0. The highest BCUT2D eigenvalue weighted by Crippen LogP contribution is 2.34. The topological polar surface area (TPSA) is 66.6 Å². The SMILES string of the molecule is NC(CN(CC1CC1)C1CC1)C(=O)O. The third-order valence-electron chi connectivity index (χ3n) is 3.00. The maximum atomic E-state index is 10.6. The summed E-state index contributed by atoms with van der Waals surface area (Å²) in [5.74, 6) is -0.0666. The summed E-state index contributed by atoms with van der Waals surface area (Å²) in [6.45, 7) is 1.59. The van der Waals surface area contributed by atoms with Gasteiger partial charge in [0.2, 0.25) is 0 Å². The molecule has 2 rings (SSSR count). The monoisotopic (exact) mass is 198 g/mol. The second-order valence-electron chi connectivity index (χ2n) is 4.57. The van der Waals surface area contributed by atoms with Crippen LogP contribution in [0, 0.1) is 5.92 Å². The molecule has 1 atom stereocenters. The van der Waals surface area contributed by atoms with Crippen molar-refractivity contribution in [1.29, 1.82) is 0 Å². The first kappa shape index (κ1) is 9.93. The maximum absolute atomic E-state index is 10.6. The van der Waals surface area contributed by atoms with E-state index in [-0.39, 0.29) is 0 Å². The van der Waals surface area contributed by atoms with Crippen LogP contribution in [0.2, 0.25) is 0 Å². The minimum Gasteiger partial charge on any atom is -0.480 e. The maximum Gasteiger partial charge on any atom is 0.321 e. The quantitative estimate of drug-likeness (QED) is 0.643. The zero-order valence-electron chi connectivity index (χ0n) is 8.35. The Kier molecular flexibility index (Phi) is 2.74. The molecule has 14 heavy (non-hydrogen) atoms.